The van der Waals surface area contributed by atoms with Crippen LogP contribution >= 0.6 is 0 Å². The van der Waals surface area contributed by atoms with Gasteiger partial charge in [-0.1, -0.05) is 12.1 Å². The first-order chi connectivity index (χ1) is 6.74. The van der Waals surface area contributed by atoms with Crippen LogP contribution in [0.15, 0.2) is 24.3 Å². The molecule has 0 radical (unpaired) electrons. The van der Waals surface area contributed by atoms with E-state index < -0.39 is 0 Å². The van der Waals surface area contributed by atoms with E-state index in [0.29, 0.717) is 12.2 Å². The van der Waals surface area contributed by atoms with Crippen molar-refractivity contribution in [2.45, 2.75) is 13.3 Å². The van der Waals surface area contributed by atoms with E-state index in [1.54, 1.807) is 6.07 Å². The number of nitrogens with zero attached hydrogens (tertiary/aromatic N) is 2. The van der Waals surface area contributed by atoms with Gasteiger partial charge in [0.1, 0.15) is 11.6 Å². The summed E-state index contributed by atoms with van der Waals surface area (Å²) < 4.78 is 12.8. The Bertz CT molecular complexity index is 436. The molecule has 1 heterocycles. The lowest BCUT2D eigenvalue weighted by Gasteiger charge is -1.96. The first kappa shape index (κ1) is 8.87. The molecule has 0 atom stereocenters. The third kappa shape index (κ3) is 1.96. The second-order valence-corrected chi connectivity index (χ2v) is 3.14. The molecule has 72 valence electrons. The fourth-order valence-corrected chi connectivity index (χ4v) is 1.30. The van der Waals surface area contributed by atoms with Crippen molar-refractivity contribution >= 4 is 0 Å². The standard InChI is InChI=1S/C10H10FN3/c1-7-12-10(14-13-7)6-8-3-2-4-9(11)5-8/h2-5H,6H2,1H3,(H,12,13,14). The number of rotatable bonds is 2. The van der Waals surface area contributed by atoms with Crippen molar-refractivity contribution in [2.24, 2.45) is 0 Å². The summed E-state index contributed by atoms with van der Waals surface area (Å²) in [6, 6.07) is 6.46. The lowest BCUT2D eigenvalue weighted by Crippen LogP contribution is -1.91. The molecule has 0 aliphatic carbocycles. The highest BCUT2D eigenvalue weighted by Gasteiger charge is 2.02. The monoisotopic (exact) mass is 191 g/mol. The molecule has 2 aromatic rings. The molecule has 0 bridgehead atoms. The van der Waals surface area contributed by atoms with Gasteiger partial charge in [-0.15, -0.1) is 0 Å². The average Bonchev–Trinajstić information content (AvgIpc) is 2.51. The van der Waals surface area contributed by atoms with Crippen molar-refractivity contribution in [3.63, 3.8) is 0 Å². The average molecular weight is 191 g/mol. The minimum atomic E-state index is -0.227. The molecule has 1 aromatic heterocycles. The molecule has 3 nitrogen and oxygen atoms in total. The van der Waals surface area contributed by atoms with E-state index in [-0.39, 0.29) is 5.82 Å². The molecule has 0 aliphatic heterocycles. The van der Waals surface area contributed by atoms with Gasteiger partial charge < -0.3 is 0 Å². The van der Waals surface area contributed by atoms with Gasteiger partial charge in [0.25, 0.3) is 0 Å². The Hall–Kier alpha value is -1.71. The first-order valence-electron chi connectivity index (χ1n) is 4.36. The van der Waals surface area contributed by atoms with Crippen LogP contribution in [0.5, 0.6) is 0 Å². The van der Waals surface area contributed by atoms with E-state index in [9.17, 15) is 4.39 Å². The number of hydrogen-bond acceptors (Lipinski definition) is 2. The molecule has 0 aliphatic rings. The largest absolute Gasteiger partial charge is 0.263 e. The molecule has 0 amide bonds. The molecule has 0 spiro atoms. The van der Waals surface area contributed by atoms with Crippen LogP contribution in [-0.4, -0.2) is 15.2 Å². The smallest absolute Gasteiger partial charge is 0.155 e. The summed E-state index contributed by atoms with van der Waals surface area (Å²) in [6.45, 7) is 1.84. The Labute approximate surface area is 81.0 Å². The maximum Gasteiger partial charge on any atom is 0.155 e. The molecule has 1 N–H and O–H groups in total. The van der Waals surface area contributed by atoms with Crippen molar-refractivity contribution in [2.75, 3.05) is 0 Å². The molecular weight excluding hydrogens is 181 g/mol. The third-order valence-electron chi connectivity index (χ3n) is 1.89. The quantitative estimate of drug-likeness (QED) is 0.787. The number of hydrogen-bond donors (Lipinski definition) is 1. The number of H-pyrrole nitrogens is 1. The zero-order valence-corrected chi connectivity index (χ0v) is 7.79. The van der Waals surface area contributed by atoms with Crippen LogP contribution in [-0.2, 0) is 6.42 Å². The van der Waals surface area contributed by atoms with Crippen LogP contribution in [0.2, 0.25) is 0 Å². The van der Waals surface area contributed by atoms with Crippen molar-refractivity contribution < 1.29 is 4.39 Å². The number of aromatic nitrogens is 3. The number of aryl methyl sites for hydroxylation is 1. The van der Waals surface area contributed by atoms with Gasteiger partial charge in [0, 0.05) is 6.42 Å². The zero-order chi connectivity index (χ0) is 9.97. The van der Waals surface area contributed by atoms with Gasteiger partial charge in [0.05, 0.1) is 0 Å². The fraction of sp³-hybridized carbons (Fsp3) is 0.200. The number of aromatic amines is 1. The Morgan fingerprint density at radius 3 is 2.93 bits per heavy atom. The van der Waals surface area contributed by atoms with Gasteiger partial charge in [-0.3, -0.25) is 5.10 Å². The van der Waals surface area contributed by atoms with Gasteiger partial charge in [-0.05, 0) is 24.6 Å². The van der Waals surface area contributed by atoms with E-state index in [0.717, 1.165) is 11.4 Å². The molecule has 0 saturated heterocycles. The maximum atomic E-state index is 12.8. The van der Waals surface area contributed by atoms with Crippen molar-refractivity contribution in [1.82, 2.24) is 15.2 Å². The Balaban J connectivity index is 2.18. The molecule has 2 rings (SSSR count). The van der Waals surface area contributed by atoms with Crippen LogP contribution in [0.25, 0.3) is 0 Å². The van der Waals surface area contributed by atoms with Crippen LogP contribution in [0.4, 0.5) is 4.39 Å². The Morgan fingerprint density at radius 1 is 1.43 bits per heavy atom. The predicted octanol–water partition coefficient (Wildman–Crippen LogP) is 1.84. The summed E-state index contributed by atoms with van der Waals surface area (Å²) in [5, 5.41) is 6.73. The number of halogens is 1. The van der Waals surface area contributed by atoms with Gasteiger partial charge in [-0.2, -0.15) is 5.10 Å². The zero-order valence-electron chi connectivity index (χ0n) is 7.79. The number of benzene rings is 1. The highest BCUT2D eigenvalue weighted by Crippen LogP contribution is 2.07. The van der Waals surface area contributed by atoms with Gasteiger partial charge >= 0.3 is 0 Å². The molecule has 1 aromatic carbocycles. The molecule has 0 unspecified atom stereocenters. The van der Waals surface area contributed by atoms with Crippen LogP contribution in [0.3, 0.4) is 0 Å². The Kier molecular flexibility index (Phi) is 2.26. The Morgan fingerprint density at radius 2 is 2.29 bits per heavy atom. The summed E-state index contributed by atoms with van der Waals surface area (Å²) in [4.78, 5) is 4.15. The van der Waals surface area contributed by atoms with Crippen molar-refractivity contribution in [1.29, 1.82) is 0 Å². The van der Waals surface area contributed by atoms with E-state index in [1.807, 2.05) is 13.0 Å². The van der Waals surface area contributed by atoms with Crippen LogP contribution in [0, 0.1) is 12.7 Å². The molecule has 0 fully saturated rings. The van der Waals surface area contributed by atoms with Gasteiger partial charge in [-0.25, -0.2) is 9.37 Å². The molecule has 4 heteroatoms. The lowest BCUT2D eigenvalue weighted by molar-refractivity contribution is 0.626. The van der Waals surface area contributed by atoms with E-state index in [4.69, 9.17) is 0 Å². The normalized spacial score (nSPS) is 10.4. The minimum Gasteiger partial charge on any atom is -0.263 e. The molecule has 0 saturated carbocycles. The molecule has 14 heavy (non-hydrogen) atoms. The summed E-state index contributed by atoms with van der Waals surface area (Å²) in [6.07, 6.45) is 0.558. The highest BCUT2D eigenvalue weighted by molar-refractivity contribution is 5.19. The first-order valence-corrected chi connectivity index (χ1v) is 4.36. The lowest BCUT2D eigenvalue weighted by atomic mass is 10.1. The van der Waals surface area contributed by atoms with Crippen molar-refractivity contribution in [3.8, 4) is 0 Å². The highest BCUT2D eigenvalue weighted by atomic mass is 19.1. The SMILES string of the molecule is Cc1nc(Cc2cccc(F)c2)n[nH]1. The van der Waals surface area contributed by atoms with Crippen molar-refractivity contribution in [3.05, 3.63) is 47.3 Å². The topological polar surface area (TPSA) is 41.6 Å². The van der Waals surface area contributed by atoms with E-state index in [2.05, 4.69) is 15.2 Å². The van der Waals surface area contributed by atoms with Crippen LogP contribution < -0.4 is 0 Å². The summed E-state index contributed by atoms with van der Waals surface area (Å²) in [5.41, 5.74) is 0.879. The summed E-state index contributed by atoms with van der Waals surface area (Å²) in [5.74, 6) is 1.24. The van der Waals surface area contributed by atoms with E-state index in [1.165, 1.54) is 12.1 Å². The van der Waals surface area contributed by atoms with E-state index >= 15 is 0 Å². The van der Waals surface area contributed by atoms with Gasteiger partial charge in [0.2, 0.25) is 0 Å². The maximum absolute atomic E-state index is 12.8. The summed E-state index contributed by atoms with van der Waals surface area (Å²) in [7, 11) is 0. The predicted molar refractivity (Wildman–Crippen MR) is 50.3 cm³/mol. The van der Waals surface area contributed by atoms with Gasteiger partial charge in [0.15, 0.2) is 5.82 Å². The number of nitrogens with one attached hydrogen (secondary N) is 1. The molecular formula is C10H10FN3. The fourth-order valence-electron chi connectivity index (χ4n) is 1.30. The summed E-state index contributed by atoms with van der Waals surface area (Å²) >= 11 is 0. The second kappa shape index (κ2) is 3.57. The minimum absolute atomic E-state index is 0.227. The second-order valence-electron chi connectivity index (χ2n) is 3.14. The van der Waals surface area contributed by atoms with Crippen LogP contribution in [0.1, 0.15) is 17.2 Å². The third-order valence-corrected chi connectivity index (χ3v) is 1.89.